The van der Waals surface area contributed by atoms with Gasteiger partial charge in [-0.2, -0.15) is 5.10 Å². The lowest BCUT2D eigenvalue weighted by atomic mass is 10.0. The van der Waals surface area contributed by atoms with E-state index in [4.69, 9.17) is 10.1 Å². The molecule has 2 aliphatic heterocycles. The Hall–Kier alpha value is -2.63. The lowest BCUT2D eigenvalue weighted by molar-refractivity contribution is 0.0864. The minimum Gasteiger partial charge on any atom is -0.289 e. The summed E-state index contributed by atoms with van der Waals surface area (Å²) in [6, 6.07) is 10.9. The molecule has 27 heavy (non-hydrogen) atoms. The van der Waals surface area contributed by atoms with E-state index in [1.54, 1.807) is 4.90 Å². The van der Waals surface area contributed by atoms with Crippen molar-refractivity contribution in [1.82, 2.24) is 14.7 Å². The van der Waals surface area contributed by atoms with Gasteiger partial charge in [0.15, 0.2) is 5.82 Å². The number of benzene rings is 1. The Morgan fingerprint density at radius 3 is 2.67 bits per heavy atom. The first-order valence-electron chi connectivity index (χ1n) is 9.90. The van der Waals surface area contributed by atoms with E-state index in [-0.39, 0.29) is 11.9 Å². The molecule has 3 heterocycles. The van der Waals surface area contributed by atoms with Crippen LogP contribution in [0.2, 0.25) is 0 Å². The maximum Gasteiger partial charge on any atom is 0.266 e. The molecule has 6 nitrogen and oxygen atoms in total. The second-order valence-electron chi connectivity index (χ2n) is 7.87. The molecule has 0 bridgehead atoms. The first-order chi connectivity index (χ1) is 13.1. The summed E-state index contributed by atoms with van der Waals surface area (Å²) in [4.78, 5) is 22.1. The molecule has 3 aliphatic rings. The third-order valence-electron chi connectivity index (χ3n) is 6.18. The van der Waals surface area contributed by atoms with Gasteiger partial charge in [0.25, 0.3) is 5.91 Å². The molecule has 0 saturated heterocycles. The number of carbonyl (C=O) groups is 1. The molecule has 1 aromatic carbocycles. The Labute approximate surface area is 159 Å². The van der Waals surface area contributed by atoms with Crippen molar-refractivity contribution in [2.75, 3.05) is 11.9 Å². The van der Waals surface area contributed by atoms with Crippen molar-refractivity contribution >= 4 is 17.7 Å². The van der Waals surface area contributed by atoms with Crippen molar-refractivity contribution < 1.29 is 4.79 Å². The van der Waals surface area contributed by atoms with E-state index in [1.807, 2.05) is 37.0 Å². The highest BCUT2D eigenvalue weighted by Crippen LogP contribution is 2.39. The lowest BCUT2D eigenvalue weighted by Crippen LogP contribution is -2.52. The molecule has 5 rings (SSSR count). The van der Waals surface area contributed by atoms with E-state index in [0.717, 1.165) is 35.9 Å². The van der Waals surface area contributed by atoms with Crippen LogP contribution in [0.5, 0.6) is 0 Å². The topological polar surface area (TPSA) is 53.7 Å². The van der Waals surface area contributed by atoms with Gasteiger partial charge in [0.1, 0.15) is 5.56 Å². The van der Waals surface area contributed by atoms with Crippen molar-refractivity contribution in [3.63, 3.8) is 0 Å². The number of anilines is 1. The van der Waals surface area contributed by atoms with Crippen molar-refractivity contribution in [2.45, 2.75) is 50.6 Å². The Balaban J connectivity index is 1.61. The van der Waals surface area contributed by atoms with Gasteiger partial charge in [-0.05, 0) is 18.4 Å². The van der Waals surface area contributed by atoms with Crippen LogP contribution in [-0.2, 0) is 13.5 Å². The zero-order valence-corrected chi connectivity index (χ0v) is 15.9. The van der Waals surface area contributed by atoms with Crippen LogP contribution in [0.3, 0.4) is 0 Å². The molecular formula is C21H25N5O. The zero-order valence-electron chi connectivity index (χ0n) is 15.9. The number of guanidine groups is 1. The van der Waals surface area contributed by atoms with Gasteiger partial charge in [-0.1, -0.05) is 49.6 Å². The molecule has 0 radical (unpaired) electrons. The number of amides is 1. The fourth-order valence-corrected chi connectivity index (χ4v) is 4.76. The molecule has 2 aromatic rings. The molecule has 1 amide bonds. The molecule has 140 valence electrons. The standard InChI is InChI=1S/C21H25N5O/c1-24-20(27)18-17(13-14-9-5-3-6-10-14)25(2)23-19(18)26-16-12-8-4-7-11-15(16)22-21(24)26/h3,5-6,9-10,15-16H,4,7-8,11-13H2,1-2H3/t15?,16-/m0/s1. The Kier molecular flexibility index (Phi) is 3.81. The minimum atomic E-state index is 0.00971. The van der Waals surface area contributed by atoms with Crippen molar-refractivity contribution in [1.29, 1.82) is 0 Å². The summed E-state index contributed by atoms with van der Waals surface area (Å²) in [5, 5.41) is 4.81. The van der Waals surface area contributed by atoms with Crippen LogP contribution < -0.4 is 4.90 Å². The van der Waals surface area contributed by atoms with Gasteiger partial charge in [-0.25, -0.2) is 4.99 Å². The highest BCUT2D eigenvalue weighted by atomic mass is 16.2. The van der Waals surface area contributed by atoms with E-state index in [0.29, 0.717) is 12.5 Å². The predicted octanol–water partition coefficient (Wildman–Crippen LogP) is 2.97. The summed E-state index contributed by atoms with van der Waals surface area (Å²) in [7, 11) is 3.79. The average molecular weight is 363 g/mol. The lowest BCUT2D eigenvalue weighted by Gasteiger charge is -2.35. The number of fused-ring (bicyclic) bond motifs is 5. The number of aliphatic imine (C=N–C) groups is 1. The third-order valence-corrected chi connectivity index (χ3v) is 6.18. The molecule has 2 atom stereocenters. The van der Waals surface area contributed by atoms with Crippen LogP contribution in [0.1, 0.15) is 53.7 Å². The fourth-order valence-electron chi connectivity index (χ4n) is 4.76. The summed E-state index contributed by atoms with van der Waals surface area (Å²) in [5.41, 5.74) is 2.91. The zero-order chi connectivity index (χ0) is 18.5. The third kappa shape index (κ3) is 2.50. The fraction of sp³-hybridized carbons (Fsp3) is 0.476. The van der Waals surface area contributed by atoms with Gasteiger partial charge in [0.05, 0.1) is 17.8 Å². The highest BCUT2D eigenvalue weighted by molar-refractivity contribution is 6.19. The highest BCUT2D eigenvalue weighted by Gasteiger charge is 2.47. The van der Waals surface area contributed by atoms with Crippen LogP contribution in [-0.4, -0.2) is 45.7 Å². The maximum atomic E-state index is 13.2. The molecule has 1 unspecified atom stereocenters. The molecule has 1 aliphatic carbocycles. The summed E-state index contributed by atoms with van der Waals surface area (Å²) < 4.78 is 1.89. The van der Waals surface area contributed by atoms with E-state index in [9.17, 15) is 4.79 Å². The Morgan fingerprint density at radius 1 is 1.07 bits per heavy atom. The molecule has 0 spiro atoms. The summed E-state index contributed by atoms with van der Waals surface area (Å²) in [6.45, 7) is 0. The van der Waals surface area contributed by atoms with Gasteiger partial charge in [0, 0.05) is 20.5 Å². The first-order valence-corrected chi connectivity index (χ1v) is 9.90. The summed E-state index contributed by atoms with van der Waals surface area (Å²) in [5.74, 6) is 1.60. The number of rotatable bonds is 2. The van der Waals surface area contributed by atoms with Crippen molar-refractivity contribution in [2.24, 2.45) is 12.0 Å². The number of hydrogen-bond acceptors (Lipinski definition) is 4. The van der Waals surface area contributed by atoms with E-state index in [1.165, 1.54) is 24.8 Å². The maximum absolute atomic E-state index is 13.2. The largest absolute Gasteiger partial charge is 0.289 e. The van der Waals surface area contributed by atoms with Gasteiger partial charge in [0.2, 0.25) is 5.96 Å². The molecule has 6 heteroatoms. The van der Waals surface area contributed by atoms with Crippen molar-refractivity contribution in [3.8, 4) is 0 Å². The van der Waals surface area contributed by atoms with E-state index >= 15 is 0 Å². The van der Waals surface area contributed by atoms with Crippen molar-refractivity contribution in [3.05, 3.63) is 47.2 Å². The van der Waals surface area contributed by atoms with Crippen LogP contribution in [0.25, 0.3) is 0 Å². The Morgan fingerprint density at radius 2 is 1.85 bits per heavy atom. The summed E-state index contributed by atoms with van der Waals surface area (Å²) >= 11 is 0. The monoisotopic (exact) mass is 363 g/mol. The quantitative estimate of drug-likeness (QED) is 0.824. The molecule has 1 aromatic heterocycles. The normalized spacial score (nSPS) is 24.2. The van der Waals surface area contributed by atoms with Crippen LogP contribution in [0.4, 0.5) is 5.82 Å². The van der Waals surface area contributed by atoms with Crippen LogP contribution >= 0.6 is 0 Å². The molecule has 1 saturated carbocycles. The number of carbonyl (C=O) groups excluding carboxylic acids is 1. The molecule has 1 fully saturated rings. The van der Waals surface area contributed by atoms with Gasteiger partial charge in [-0.15, -0.1) is 0 Å². The van der Waals surface area contributed by atoms with Crippen LogP contribution in [0, 0.1) is 0 Å². The SMILES string of the molecule is CN1C(=O)c2c(nn(C)c2Cc2ccccc2)N2C1=NC1CCCCC[C@@H]12. The number of aryl methyl sites for hydroxylation is 1. The second kappa shape index (κ2) is 6.22. The minimum absolute atomic E-state index is 0.00971. The van der Waals surface area contributed by atoms with E-state index in [2.05, 4.69) is 17.0 Å². The number of aromatic nitrogens is 2. The molecule has 0 N–H and O–H groups in total. The van der Waals surface area contributed by atoms with E-state index < -0.39 is 0 Å². The Bertz CT molecular complexity index is 916. The van der Waals surface area contributed by atoms with Gasteiger partial charge >= 0.3 is 0 Å². The number of hydrogen-bond donors (Lipinski definition) is 0. The number of nitrogens with zero attached hydrogens (tertiary/aromatic N) is 5. The smallest absolute Gasteiger partial charge is 0.266 e. The van der Waals surface area contributed by atoms with Crippen LogP contribution in [0.15, 0.2) is 35.3 Å². The average Bonchev–Trinajstić information content (AvgIpc) is 3.09. The summed E-state index contributed by atoms with van der Waals surface area (Å²) in [6.07, 6.45) is 6.63. The second-order valence-corrected chi connectivity index (χ2v) is 7.87. The predicted molar refractivity (Wildman–Crippen MR) is 105 cm³/mol. The van der Waals surface area contributed by atoms with Gasteiger partial charge in [-0.3, -0.25) is 19.3 Å². The first kappa shape index (κ1) is 16.5. The molecular weight excluding hydrogens is 338 g/mol. The van der Waals surface area contributed by atoms with Gasteiger partial charge < -0.3 is 0 Å².